The second-order valence-electron chi connectivity index (χ2n) is 3.16. The number of nitrogens with zero attached hydrogens (tertiary/aromatic N) is 1. The van der Waals surface area contributed by atoms with Crippen molar-refractivity contribution in [2.45, 2.75) is 5.75 Å². The van der Waals surface area contributed by atoms with Crippen molar-refractivity contribution in [3.63, 3.8) is 0 Å². The molecule has 0 spiro atoms. The van der Waals surface area contributed by atoms with Gasteiger partial charge in [0.1, 0.15) is 5.82 Å². The lowest BCUT2D eigenvalue weighted by atomic mass is 10.1. The molecule has 14 heavy (non-hydrogen) atoms. The highest BCUT2D eigenvalue weighted by molar-refractivity contribution is 7.97. The molecule has 0 aliphatic heterocycles. The Hall–Kier alpha value is -1.22. The van der Waals surface area contributed by atoms with Gasteiger partial charge in [0.2, 0.25) is 0 Å². The van der Waals surface area contributed by atoms with Crippen LogP contribution < -0.4 is 5.73 Å². The molecule has 0 saturated heterocycles. The second-order valence-corrected chi connectivity index (χ2v) is 4.02. The number of benzene rings is 1. The fourth-order valence-corrected chi connectivity index (χ4v) is 1.99. The zero-order valence-corrected chi connectivity index (χ0v) is 8.84. The minimum Gasteiger partial charge on any atom is -0.383 e. The predicted octanol–water partition coefficient (Wildman–Crippen LogP) is 2.68. The molecule has 0 bridgehead atoms. The third-order valence-corrected chi connectivity index (χ3v) is 2.74. The van der Waals surface area contributed by atoms with E-state index in [0.717, 1.165) is 22.2 Å². The van der Waals surface area contributed by atoms with Crippen LogP contribution in [0.3, 0.4) is 0 Å². The average molecular weight is 204 g/mol. The highest BCUT2D eigenvalue weighted by Gasteiger charge is 2.02. The zero-order valence-electron chi connectivity index (χ0n) is 8.03. The molecule has 2 nitrogen and oxygen atoms in total. The molecule has 3 heteroatoms. The first kappa shape index (κ1) is 9.34. The lowest BCUT2D eigenvalue weighted by Crippen LogP contribution is -1.96. The molecule has 0 amide bonds. The molecule has 72 valence electrons. The van der Waals surface area contributed by atoms with E-state index in [1.165, 1.54) is 0 Å². The monoisotopic (exact) mass is 204 g/mol. The number of rotatable bonds is 2. The smallest absolute Gasteiger partial charge is 0.128 e. The highest BCUT2D eigenvalue weighted by Crippen LogP contribution is 2.21. The Morgan fingerprint density at radius 1 is 1.36 bits per heavy atom. The van der Waals surface area contributed by atoms with E-state index in [-0.39, 0.29) is 0 Å². The van der Waals surface area contributed by atoms with Gasteiger partial charge >= 0.3 is 0 Å². The summed E-state index contributed by atoms with van der Waals surface area (Å²) in [5.74, 6) is 1.57. The van der Waals surface area contributed by atoms with E-state index in [4.69, 9.17) is 5.73 Å². The van der Waals surface area contributed by atoms with E-state index < -0.39 is 0 Å². The lowest BCUT2D eigenvalue weighted by molar-refractivity contribution is 1.32. The molecule has 0 aliphatic rings. The largest absolute Gasteiger partial charge is 0.383 e. The van der Waals surface area contributed by atoms with Gasteiger partial charge in [-0.05, 0) is 18.4 Å². The second kappa shape index (κ2) is 3.88. The number of para-hydroxylation sites is 1. The summed E-state index contributed by atoms with van der Waals surface area (Å²) in [6.45, 7) is 0. The Morgan fingerprint density at radius 2 is 2.14 bits per heavy atom. The van der Waals surface area contributed by atoms with Crippen LogP contribution >= 0.6 is 11.8 Å². The van der Waals surface area contributed by atoms with Crippen molar-refractivity contribution in [2.24, 2.45) is 0 Å². The normalized spacial score (nSPS) is 10.6. The van der Waals surface area contributed by atoms with Crippen LogP contribution in [0.4, 0.5) is 5.82 Å². The Kier molecular flexibility index (Phi) is 2.59. The third kappa shape index (κ3) is 1.68. The van der Waals surface area contributed by atoms with Crippen LogP contribution in [0, 0.1) is 0 Å². The molecule has 1 aromatic heterocycles. The lowest BCUT2D eigenvalue weighted by Gasteiger charge is -2.05. The van der Waals surface area contributed by atoms with Crippen molar-refractivity contribution >= 4 is 28.5 Å². The Balaban J connectivity index is 2.59. The summed E-state index contributed by atoms with van der Waals surface area (Å²) in [5, 5.41) is 1.16. The number of nitrogen functional groups attached to an aromatic ring is 1. The topological polar surface area (TPSA) is 38.9 Å². The van der Waals surface area contributed by atoms with E-state index in [1.807, 2.05) is 18.2 Å². The van der Waals surface area contributed by atoms with Gasteiger partial charge in [0.25, 0.3) is 0 Å². The predicted molar refractivity (Wildman–Crippen MR) is 63.4 cm³/mol. The van der Waals surface area contributed by atoms with Crippen molar-refractivity contribution in [1.82, 2.24) is 4.98 Å². The van der Waals surface area contributed by atoms with Gasteiger partial charge in [0, 0.05) is 16.7 Å². The van der Waals surface area contributed by atoms with E-state index in [2.05, 4.69) is 23.4 Å². The summed E-state index contributed by atoms with van der Waals surface area (Å²) < 4.78 is 0. The summed E-state index contributed by atoms with van der Waals surface area (Å²) in [5.41, 5.74) is 7.94. The minimum absolute atomic E-state index is 0.651. The van der Waals surface area contributed by atoms with Crippen LogP contribution in [0.1, 0.15) is 5.56 Å². The maximum absolute atomic E-state index is 5.85. The van der Waals surface area contributed by atoms with Crippen LogP contribution in [0.25, 0.3) is 10.9 Å². The van der Waals surface area contributed by atoms with E-state index in [0.29, 0.717) is 5.82 Å². The first-order chi connectivity index (χ1) is 6.81. The molecule has 0 radical (unpaired) electrons. The molecule has 1 heterocycles. The van der Waals surface area contributed by atoms with Crippen molar-refractivity contribution in [1.29, 1.82) is 0 Å². The fraction of sp³-hybridized carbons (Fsp3) is 0.182. The summed E-state index contributed by atoms with van der Waals surface area (Å²) in [7, 11) is 0. The highest BCUT2D eigenvalue weighted by atomic mass is 32.2. The Labute approximate surface area is 87.5 Å². The van der Waals surface area contributed by atoms with Crippen LogP contribution in [0.5, 0.6) is 0 Å². The molecule has 2 N–H and O–H groups in total. The first-order valence-corrected chi connectivity index (χ1v) is 5.83. The number of thioether (sulfide) groups is 1. The summed E-state index contributed by atoms with van der Waals surface area (Å²) in [6, 6.07) is 10.2. The maximum Gasteiger partial charge on any atom is 0.128 e. The standard InChI is InChI=1S/C11H12N2S/c1-14-7-9-6-8-4-2-3-5-10(8)13-11(9)12/h2-6H,7H2,1H3,(H2,12,13). The van der Waals surface area contributed by atoms with Gasteiger partial charge in [-0.25, -0.2) is 4.98 Å². The van der Waals surface area contributed by atoms with Gasteiger partial charge in [-0.1, -0.05) is 18.2 Å². The van der Waals surface area contributed by atoms with Crippen molar-refractivity contribution in [2.75, 3.05) is 12.0 Å². The van der Waals surface area contributed by atoms with Gasteiger partial charge in [0.05, 0.1) is 5.52 Å². The fourth-order valence-electron chi connectivity index (χ4n) is 1.45. The first-order valence-electron chi connectivity index (χ1n) is 4.44. The average Bonchev–Trinajstić information content (AvgIpc) is 2.19. The summed E-state index contributed by atoms with van der Waals surface area (Å²) >= 11 is 1.76. The number of fused-ring (bicyclic) bond motifs is 1. The molecule has 2 rings (SSSR count). The third-order valence-electron chi connectivity index (χ3n) is 2.14. The quantitative estimate of drug-likeness (QED) is 0.817. The van der Waals surface area contributed by atoms with E-state index in [9.17, 15) is 0 Å². The van der Waals surface area contributed by atoms with Crippen molar-refractivity contribution < 1.29 is 0 Å². The summed E-state index contributed by atoms with van der Waals surface area (Å²) in [4.78, 5) is 4.36. The maximum atomic E-state index is 5.85. The number of pyridine rings is 1. The zero-order chi connectivity index (χ0) is 9.97. The van der Waals surface area contributed by atoms with Gasteiger partial charge in [-0.15, -0.1) is 0 Å². The number of hydrogen-bond acceptors (Lipinski definition) is 3. The van der Waals surface area contributed by atoms with Gasteiger partial charge in [-0.3, -0.25) is 0 Å². The molecular formula is C11H12N2S. The van der Waals surface area contributed by atoms with Gasteiger partial charge in [-0.2, -0.15) is 11.8 Å². The molecular weight excluding hydrogens is 192 g/mol. The van der Waals surface area contributed by atoms with Crippen LogP contribution in [-0.2, 0) is 5.75 Å². The molecule has 0 aliphatic carbocycles. The number of anilines is 1. The Morgan fingerprint density at radius 3 is 2.93 bits per heavy atom. The molecule has 0 saturated carbocycles. The summed E-state index contributed by atoms with van der Waals surface area (Å²) in [6.07, 6.45) is 2.06. The van der Waals surface area contributed by atoms with Gasteiger partial charge < -0.3 is 5.73 Å². The molecule has 1 aromatic carbocycles. The van der Waals surface area contributed by atoms with Crippen molar-refractivity contribution in [3.8, 4) is 0 Å². The van der Waals surface area contributed by atoms with Crippen molar-refractivity contribution in [3.05, 3.63) is 35.9 Å². The minimum atomic E-state index is 0.651. The van der Waals surface area contributed by atoms with Gasteiger partial charge in [0.15, 0.2) is 0 Å². The van der Waals surface area contributed by atoms with E-state index >= 15 is 0 Å². The van der Waals surface area contributed by atoms with E-state index in [1.54, 1.807) is 11.8 Å². The number of nitrogens with two attached hydrogens (primary N) is 1. The SMILES string of the molecule is CSCc1cc2ccccc2nc1N. The Bertz CT molecular complexity index is 454. The van der Waals surface area contributed by atoms with Crippen LogP contribution in [-0.4, -0.2) is 11.2 Å². The molecule has 0 fully saturated rings. The number of aromatic nitrogens is 1. The molecule has 2 aromatic rings. The molecule has 0 unspecified atom stereocenters. The van der Waals surface area contributed by atoms with Crippen LogP contribution in [0.15, 0.2) is 30.3 Å². The van der Waals surface area contributed by atoms with Crippen LogP contribution in [0.2, 0.25) is 0 Å². The number of hydrogen-bond donors (Lipinski definition) is 1. The molecule has 0 atom stereocenters.